The molecule has 1 aliphatic carbocycles. The quantitative estimate of drug-likeness (QED) is 0.620. The van der Waals surface area contributed by atoms with Crippen molar-refractivity contribution in [3.05, 3.63) is 35.4 Å². The van der Waals surface area contributed by atoms with E-state index in [4.69, 9.17) is 10.6 Å². The Balaban J connectivity index is 2.26. The average molecular weight is 290 g/mol. The van der Waals surface area contributed by atoms with Crippen LogP contribution in [-0.4, -0.2) is 12.7 Å². The van der Waals surface area contributed by atoms with Crippen LogP contribution in [0.3, 0.4) is 0 Å². The molecule has 0 amide bonds. The van der Waals surface area contributed by atoms with Crippen molar-refractivity contribution in [3.63, 3.8) is 0 Å². The van der Waals surface area contributed by atoms with Crippen LogP contribution in [0, 0.1) is 5.92 Å². The number of ether oxygens (including phenoxy) is 1. The average Bonchev–Trinajstić information content (AvgIpc) is 2.51. The lowest BCUT2D eigenvalue weighted by Crippen LogP contribution is -2.50. The van der Waals surface area contributed by atoms with Crippen molar-refractivity contribution >= 4 is 0 Å². The Kier molecular flexibility index (Phi) is 5.80. The third-order valence-electron chi connectivity index (χ3n) is 5.04. The lowest BCUT2D eigenvalue weighted by Gasteiger charge is -2.44. The normalized spacial score (nSPS) is 27.5. The van der Waals surface area contributed by atoms with Gasteiger partial charge in [0.2, 0.25) is 0 Å². The number of hydrogen-bond acceptors (Lipinski definition) is 3. The van der Waals surface area contributed by atoms with Gasteiger partial charge in [-0.05, 0) is 49.1 Å². The summed E-state index contributed by atoms with van der Waals surface area (Å²) in [7, 11) is 1.83. The zero-order valence-corrected chi connectivity index (χ0v) is 13.7. The summed E-state index contributed by atoms with van der Waals surface area (Å²) in [5.74, 6) is 6.72. The summed E-state index contributed by atoms with van der Waals surface area (Å²) in [6.07, 6.45) is 6.83. The van der Waals surface area contributed by atoms with Crippen molar-refractivity contribution in [2.45, 2.75) is 64.0 Å². The van der Waals surface area contributed by atoms with Crippen LogP contribution in [0.1, 0.15) is 63.1 Å². The van der Waals surface area contributed by atoms with Gasteiger partial charge in [0.25, 0.3) is 0 Å². The molecule has 3 heteroatoms. The molecule has 3 nitrogen and oxygen atoms in total. The summed E-state index contributed by atoms with van der Waals surface area (Å²) in [5.41, 5.74) is 5.49. The molecule has 1 fully saturated rings. The first-order chi connectivity index (χ1) is 10.1. The third-order valence-corrected chi connectivity index (χ3v) is 5.04. The molecule has 0 radical (unpaired) electrons. The standard InChI is InChI=1S/C18H30N2O/c1-4-6-15-7-5-8-16(13-15)17(20-19)18(21-3)11-9-14(2)10-12-18/h5,7-8,13-14,17,20H,4,6,9-12,19H2,1-3H3. The molecule has 1 atom stereocenters. The third kappa shape index (κ3) is 3.65. The number of aryl methyl sites for hydroxylation is 1. The molecule has 2 rings (SSSR count). The highest BCUT2D eigenvalue weighted by atomic mass is 16.5. The number of hydrazine groups is 1. The smallest absolute Gasteiger partial charge is 0.0885 e. The number of benzene rings is 1. The molecule has 1 unspecified atom stereocenters. The van der Waals surface area contributed by atoms with Gasteiger partial charge in [0.05, 0.1) is 11.6 Å². The van der Waals surface area contributed by atoms with Gasteiger partial charge >= 0.3 is 0 Å². The van der Waals surface area contributed by atoms with Crippen molar-refractivity contribution in [3.8, 4) is 0 Å². The van der Waals surface area contributed by atoms with E-state index in [2.05, 4.69) is 43.5 Å². The minimum absolute atomic E-state index is 0.0619. The Morgan fingerprint density at radius 3 is 2.67 bits per heavy atom. The van der Waals surface area contributed by atoms with Crippen LogP contribution in [0.5, 0.6) is 0 Å². The summed E-state index contributed by atoms with van der Waals surface area (Å²) >= 11 is 0. The summed E-state index contributed by atoms with van der Waals surface area (Å²) in [5, 5.41) is 0. The van der Waals surface area contributed by atoms with E-state index in [9.17, 15) is 0 Å². The van der Waals surface area contributed by atoms with Gasteiger partial charge < -0.3 is 4.74 Å². The molecule has 118 valence electrons. The van der Waals surface area contributed by atoms with E-state index in [0.29, 0.717) is 0 Å². The van der Waals surface area contributed by atoms with Gasteiger partial charge in [0, 0.05) is 7.11 Å². The molecule has 1 aromatic carbocycles. The fourth-order valence-corrected chi connectivity index (χ4v) is 3.63. The van der Waals surface area contributed by atoms with Crippen LogP contribution >= 0.6 is 0 Å². The first-order valence-electron chi connectivity index (χ1n) is 8.25. The monoisotopic (exact) mass is 290 g/mol. The number of methoxy groups -OCH3 is 1. The van der Waals surface area contributed by atoms with E-state index in [-0.39, 0.29) is 11.6 Å². The molecule has 1 aliphatic rings. The highest BCUT2D eigenvalue weighted by molar-refractivity contribution is 5.28. The van der Waals surface area contributed by atoms with Crippen LogP contribution < -0.4 is 11.3 Å². The number of rotatable bonds is 6. The van der Waals surface area contributed by atoms with E-state index < -0.39 is 0 Å². The van der Waals surface area contributed by atoms with E-state index in [1.165, 1.54) is 24.0 Å². The van der Waals surface area contributed by atoms with E-state index in [1.807, 2.05) is 7.11 Å². The highest BCUT2D eigenvalue weighted by Gasteiger charge is 2.41. The van der Waals surface area contributed by atoms with Crippen molar-refractivity contribution in [2.24, 2.45) is 11.8 Å². The van der Waals surface area contributed by atoms with Gasteiger partial charge in [0.15, 0.2) is 0 Å². The van der Waals surface area contributed by atoms with Crippen LogP contribution in [0.25, 0.3) is 0 Å². The molecule has 0 bridgehead atoms. The topological polar surface area (TPSA) is 47.3 Å². The van der Waals surface area contributed by atoms with Crippen molar-refractivity contribution in [2.75, 3.05) is 7.11 Å². The maximum atomic E-state index is 5.99. The molecule has 1 saturated carbocycles. The molecule has 0 aliphatic heterocycles. The fourth-order valence-electron chi connectivity index (χ4n) is 3.63. The Morgan fingerprint density at radius 1 is 1.38 bits per heavy atom. The maximum Gasteiger partial charge on any atom is 0.0885 e. The Labute approximate surface area is 129 Å². The molecule has 21 heavy (non-hydrogen) atoms. The predicted molar refractivity (Wildman–Crippen MR) is 87.9 cm³/mol. The molecule has 0 heterocycles. The molecule has 3 N–H and O–H groups in total. The molecule has 0 spiro atoms. The highest BCUT2D eigenvalue weighted by Crippen LogP contribution is 2.42. The second-order valence-electron chi connectivity index (χ2n) is 6.55. The van der Waals surface area contributed by atoms with Gasteiger partial charge in [-0.1, -0.05) is 44.5 Å². The van der Waals surface area contributed by atoms with E-state index in [0.717, 1.165) is 31.6 Å². The van der Waals surface area contributed by atoms with Crippen molar-refractivity contribution in [1.82, 2.24) is 5.43 Å². The zero-order chi connectivity index (χ0) is 15.3. The van der Waals surface area contributed by atoms with E-state index in [1.54, 1.807) is 0 Å². The zero-order valence-electron chi connectivity index (χ0n) is 13.7. The van der Waals surface area contributed by atoms with Crippen LogP contribution in [0.15, 0.2) is 24.3 Å². The first kappa shape index (κ1) is 16.5. The number of nitrogens with two attached hydrogens (primary N) is 1. The summed E-state index contributed by atoms with van der Waals surface area (Å²) in [6, 6.07) is 8.85. The van der Waals surface area contributed by atoms with Gasteiger partial charge in [0.1, 0.15) is 0 Å². The van der Waals surface area contributed by atoms with Gasteiger partial charge in [-0.15, -0.1) is 0 Å². The summed E-state index contributed by atoms with van der Waals surface area (Å²) in [4.78, 5) is 0. The molecule has 0 saturated heterocycles. The molecular weight excluding hydrogens is 260 g/mol. The number of nitrogens with one attached hydrogen (secondary N) is 1. The minimum atomic E-state index is -0.175. The summed E-state index contributed by atoms with van der Waals surface area (Å²) < 4.78 is 5.99. The van der Waals surface area contributed by atoms with Crippen molar-refractivity contribution < 1.29 is 4.74 Å². The Bertz CT molecular complexity index is 439. The lowest BCUT2D eigenvalue weighted by atomic mass is 9.73. The second kappa shape index (κ2) is 7.39. The van der Waals surface area contributed by atoms with Crippen LogP contribution in [-0.2, 0) is 11.2 Å². The van der Waals surface area contributed by atoms with Gasteiger partial charge in [-0.25, -0.2) is 0 Å². The van der Waals surface area contributed by atoms with Crippen molar-refractivity contribution in [1.29, 1.82) is 0 Å². The largest absolute Gasteiger partial charge is 0.376 e. The fraction of sp³-hybridized carbons (Fsp3) is 0.667. The van der Waals surface area contributed by atoms with E-state index >= 15 is 0 Å². The van der Waals surface area contributed by atoms with Gasteiger partial charge in [-0.2, -0.15) is 0 Å². The molecule has 1 aromatic rings. The second-order valence-corrected chi connectivity index (χ2v) is 6.55. The predicted octanol–water partition coefficient (Wildman–Crippen LogP) is 3.74. The maximum absolute atomic E-state index is 5.99. The minimum Gasteiger partial charge on any atom is -0.376 e. The van der Waals surface area contributed by atoms with Crippen LogP contribution in [0.4, 0.5) is 0 Å². The van der Waals surface area contributed by atoms with Crippen LogP contribution in [0.2, 0.25) is 0 Å². The SMILES string of the molecule is CCCc1cccc(C(NN)C2(OC)CCC(C)CC2)c1. The first-order valence-corrected chi connectivity index (χ1v) is 8.25. The molecular formula is C18H30N2O. The Hall–Kier alpha value is -0.900. The Morgan fingerprint density at radius 2 is 2.10 bits per heavy atom. The number of hydrogen-bond donors (Lipinski definition) is 2. The summed E-state index contributed by atoms with van der Waals surface area (Å²) in [6.45, 7) is 4.54. The molecule has 0 aromatic heterocycles. The lowest BCUT2D eigenvalue weighted by molar-refractivity contribution is -0.0761. The van der Waals surface area contributed by atoms with Gasteiger partial charge in [-0.3, -0.25) is 11.3 Å².